The Balaban J connectivity index is 1.98. The Morgan fingerprint density at radius 2 is 2.24 bits per heavy atom. The van der Waals surface area contributed by atoms with Gasteiger partial charge in [-0.1, -0.05) is 6.92 Å². The van der Waals surface area contributed by atoms with E-state index in [0.29, 0.717) is 5.92 Å². The summed E-state index contributed by atoms with van der Waals surface area (Å²) in [5.74, 6) is 1.43. The van der Waals surface area contributed by atoms with E-state index in [2.05, 4.69) is 17.2 Å². The van der Waals surface area contributed by atoms with Gasteiger partial charge in [-0.15, -0.1) is 0 Å². The third-order valence-corrected chi connectivity index (χ3v) is 4.38. The Labute approximate surface area is 125 Å². The first-order valence-corrected chi connectivity index (χ1v) is 7.53. The Morgan fingerprint density at radius 1 is 1.38 bits per heavy atom. The second kappa shape index (κ2) is 6.00. The number of aromatic nitrogens is 1. The van der Waals surface area contributed by atoms with Crippen molar-refractivity contribution in [3.05, 3.63) is 36.0 Å². The first-order chi connectivity index (χ1) is 10.2. The topological polar surface area (TPSA) is 54.4 Å². The van der Waals surface area contributed by atoms with Gasteiger partial charge in [-0.3, -0.25) is 4.98 Å². The second-order valence-electron chi connectivity index (χ2n) is 5.92. The van der Waals surface area contributed by atoms with Crippen LogP contribution >= 0.6 is 0 Å². The molecule has 2 N–H and O–H groups in total. The van der Waals surface area contributed by atoms with Crippen LogP contribution < -0.4 is 10.1 Å². The van der Waals surface area contributed by atoms with Crippen molar-refractivity contribution in [2.45, 2.75) is 31.9 Å². The number of rotatable bonds is 3. The summed E-state index contributed by atoms with van der Waals surface area (Å²) in [4.78, 5) is 4.37. The molecule has 3 atom stereocenters. The lowest BCUT2D eigenvalue weighted by atomic mass is 9.88. The van der Waals surface area contributed by atoms with Crippen LogP contribution in [0.15, 0.2) is 30.5 Å². The van der Waals surface area contributed by atoms with Crippen molar-refractivity contribution in [1.82, 2.24) is 10.3 Å². The highest BCUT2D eigenvalue weighted by atomic mass is 16.5. The molecule has 3 rings (SSSR count). The van der Waals surface area contributed by atoms with E-state index in [1.165, 1.54) is 6.42 Å². The summed E-state index contributed by atoms with van der Waals surface area (Å²) in [5, 5.41) is 15.2. The summed E-state index contributed by atoms with van der Waals surface area (Å²) in [6, 6.07) is 7.79. The zero-order valence-corrected chi connectivity index (χ0v) is 12.5. The number of fused-ring (bicyclic) bond motifs is 1. The van der Waals surface area contributed by atoms with Crippen molar-refractivity contribution in [2.24, 2.45) is 5.92 Å². The molecule has 0 saturated carbocycles. The quantitative estimate of drug-likeness (QED) is 0.911. The van der Waals surface area contributed by atoms with Gasteiger partial charge in [0.1, 0.15) is 5.75 Å². The summed E-state index contributed by atoms with van der Waals surface area (Å²) in [6.45, 7) is 3.21. The standard InChI is InChI=1S/C17H22N2O2/c1-11-5-7-19-16(9-11)17(20)13-6-8-18-15-4-3-12(21-2)10-14(13)15/h3-4,6,8,10-11,16-17,19-20H,5,7,9H2,1-2H3. The third kappa shape index (κ3) is 2.87. The zero-order valence-electron chi connectivity index (χ0n) is 12.5. The Bertz CT molecular complexity index is 629. The van der Waals surface area contributed by atoms with Crippen LogP contribution in [0.1, 0.15) is 31.4 Å². The lowest BCUT2D eigenvalue weighted by Gasteiger charge is -2.32. The molecule has 0 bridgehead atoms. The number of benzene rings is 1. The van der Waals surface area contributed by atoms with Gasteiger partial charge in [0.15, 0.2) is 0 Å². The number of piperidine rings is 1. The number of methoxy groups -OCH3 is 1. The highest BCUT2D eigenvalue weighted by Gasteiger charge is 2.27. The molecular weight excluding hydrogens is 264 g/mol. The maximum absolute atomic E-state index is 10.8. The van der Waals surface area contributed by atoms with Crippen LogP contribution in [0.25, 0.3) is 10.9 Å². The lowest BCUT2D eigenvalue weighted by molar-refractivity contribution is 0.103. The van der Waals surface area contributed by atoms with Crippen molar-refractivity contribution in [2.75, 3.05) is 13.7 Å². The molecule has 3 unspecified atom stereocenters. The van der Waals surface area contributed by atoms with Crippen LogP contribution in [0.3, 0.4) is 0 Å². The number of hydrogen-bond acceptors (Lipinski definition) is 4. The Kier molecular flexibility index (Phi) is 4.08. The van der Waals surface area contributed by atoms with Crippen LogP contribution in [0.5, 0.6) is 5.75 Å². The maximum atomic E-state index is 10.8. The van der Waals surface area contributed by atoms with Gasteiger partial charge in [0, 0.05) is 17.6 Å². The van der Waals surface area contributed by atoms with Gasteiger partial charge >= 0.3 is 0 Å². The normalized spacial score (nSPS) is 24.0. The number of ether oxygens (including phenoxy) is 1. The molecule has 1 fully saturated rings. The van der Waals surface area contributed by atoms with Crippen molar-refractivity contribution >= 4 is 10.9 Å². The first kappa shape index (κ1) is 14.3. The fourth-order valence-electron chi connectivity index (χ4n) is 3.14. The maximum Gasteiger partial charge on any atom is 0.119 e. The summed E-state index contributed by atoms with van der Waals surface area (Å²) in [5.41, 5.74) is 1.81. The van der Waals surface area contributed by atoms with E-state index in [1.54, 1.807) is 13.3 Å². The monoisotopic (exact) mass is 286 g/mol. The van der Waals surface area contributed by atoms with E-state index in [0.717, 1.165) is 35.2 Å². The van der Waals surface area contributed by atoms with Crippen molar-refractivity contribution in [3.63, 3.8) is 0 Å². The van der Waals surface area contributed by atoms with Gasteiger partial charge in [0.05, 0.1) is 18.7 Å². The molecule has 0 aliphatic carbocycles. The smallest absolute Gasteiger partial charge is 0.119 e. The molecule has 1 aromatic heterocycles. The molecular formula is C17H22N2O2. The summed E-state index contributed by atoms with van der Waals surface area (Å²) in [6.07, 6.45) is 3.41. The number of nitrogens with zero attached hydrogens (tertiary/aromatic N) is 1. The van der Waals surface area contributed by atoms with Gasteiger partial charge in [-0.05, 0) is 55.1 Å². The fraction of sp³-hybridized carbons (Fsp3) is 0.471. The van der Waals surface area contributed by atoms with Crippen molar-refractivity contribution in [3.8, 4) is 5.75 Å². The Morgan fingerprint density at radius 3 is 3.00 bits per heavy atom. The average Bonchev–Trinajstić information content (AvgIpc) is 2.53. The lowest BCUT2D eigenvalue weighted by Crippen LogP contribution is -2.41. The van der Waals surface area contributed by atoms with E-state index in [9.17, 15) is 5.11 Å². The molecule has 112 valence electrons. The van der Waals surface area contributed by atoms with Crippen molar-refractivity contribution < 1.29 is 9.84 Å². The minimum Gasteiger partial charge on any atom is -0.497 e. The number of pyridine rings is 1. The van der Waals surface area contributed by atoms with E-state index in [-0.39, 0.29) is 6.04 Å². The van der Waals surface area contributed by atoms with Crippen LogP contribution in [0, 0.1) is 5.92 Å². The molecule has 2 aromatic rings. The molecule has 1 aliphatic heterocycles. The van der Waals surface area contributed by atoms with Crippen LogP contribution in [-0.2, 0) is 0 Å². The summed E-state index contributed by atoms with van der Waals surface area (Å²) >= 11 is 0. The van der Waals surface area contributed by atoms with Crippen LogP contribution in [-0.4, -0.2) is 29.8 Å². The first-order valence-electron chi connectivity index (χ1n) is 7.53. The van der Waals surface area contributed by atoms with Crippen molar-refractivity contribution in [1.29, 1.82) is 0 Å². The summed E-state index contributed by atoms with van der Waals surface area (Å²) in [7, 11) is 1.65. The van der Waals surface area contributed by atoms with Gasteiger partial charge in [-0.2, -0.15) is 0 Å². The number of aliphatic hydroxyl groups excluding tert-OH is 1. The predicted octanol–water partition coefficient (Wildman–Crippen LogP) is 2.66. The van der Waals surface area contributed by atoms with Gasteiger partial charge in [0.2, 0.25) is 0 Å². The van der Waals surface area contributed by atoms with E-state index < -0.39 is 6.10 Å². The molecule has 0 amide bonds. The number of aliphatic hydroxyl groups is 1. The highest BCUT2D eigenvalue weighted by Crippen LogP contribution is 2.31. The molecule has 1 aromatic carbocycles. The third-order valence-electron chi connectivity index (χ3n) is 4.38. The Hall–Kier alpha value is -1.65. The molecule has 4 heteroatoms. The fourth-order valence-corrected chi connectivity index (χ4v) is 3.14. The number of hydrogen-bond donors (Lipinski definition) is 2. The molecule has 1 aliphatic rings. The van der Waals surface area contributed by atoms with E-state index in [4.69, 9.17) is 4.74 Å². The predicted molar refractivity (Wildman–Crippen MR) is 83.4 cm³/mol. The van der Waals surface area contributed by atoms with Crippen LogP contribution in [0.4, 0.5) is 0 Å². The molecule has 4 nitrogen and oxygen atoms in total. The summed E-state index contributed by atoms with van der Waals surface area (Å²) < 4.78 is 5.29. The SMILES string of the molecule is COc1ccc2nccc(C(O)C3CC(C)CCN3)c2c1. The van der Waals surface area contributed by atoms with E-state index in [1.807, 2.05) is 24.3 Å². The molecule has 21 heavy (non-hydrogen) atoms. The average molecular weight is 286 g/mol. The second-order valence-corrected chi connectivity index (χ2v) is 5.92. The molecule has 1 saturated heterocycles. The van der Waals surface area contributed by atoms with E-state index >= 15 is 0 Å². The van der Waals surface area contributed by atoms with Crippen LogP contribution in [0.2, 0.25) is 0 Å². The zero-order chi connectivity index (χ0) is 14.8. The minimum absolute atomic E-state index is 0.102. The highest BCUT2D eigenvalue weighted by molar-refractivity contribution is 5.83. The minimum atomic E-state index is -0.523. The largest absolute Gasteiger partial charge is 0.497 e. The number of nitrogens with one attached hydrogen (secondary N) is 1. The molecule has 2 heterocycles. The molecule has 0 radical (unpaired) electrons. The van der Waals surface area contributed by atoms with Gasteiger partial charge in [-0.25, -0.2) is 0 Å². The van der Waals surface area contributed by atoms with Gasteiger partial charge < -0.3 is 15.2 Å². The van der Waals surface area contributed by atoms with Gasteiger partial charge in [0.25, 0.3) is 0 Å². The molecule has 0 spiro atoms.